The summed E-state index contributed by atoms with van der Waals surface area (Å²) in [5.41, 5.74) is 0.691. The molecule has 3 atom stereocenters. The van der Waals surface area contributed by atoms with Crippen LogP contribution in [0.15, 0.2) is 18.7 Å². The van der Waals surface area contributed by atoms with Crippen LogP contribution in [-0.2, 0) is 0 Å². The predicted molar refractivity (Wildman–Crippen MR) is 69.2 cm³/mol. The van der Waals surface area contributed by atoms with E-state index in [9.17, 15) is 4.79 Å². The quantitative estimate of drug-likeness (QED) is 0.750. The molecular weight excluding hydrogens is 224 g/mol. The average molecular weight is 244 g/mol. The molecule has 0 saturated heterocycles. The zero-order valence-electron chi connectivity index (χ0n) is 10.7. The number of hydrogen-bond acceptors (Lipinski definition) is 3. The van der Waals surface area contributed by atoms with Crippen LogP contribution in [0.5, 0.6) is 0 Å². The Morgan fingerprint density at radius 3 is 2.50 bits per heavy atom. The highest BCUT2D eigenvalue weighted by Gasteiger charge is 2.35. The van der Waals surface area contributed by atoms with Crippen molar-refractivity contribution < 1.29 is 4.79 Å². The minimum Gasteiger partial charge on any atom is -0.294 e. The van der Waals surface area contributed by atoms with Crippen LogP contribution in [0, 0.1) is 17.8 Å². The topological polar surface area (TPSA) is 42.9 Å². The fourth-order valence-corrected chi connectivity index (χ4v) is 3.77. The number of carbonyl (C=O) groups is 1. The summed E-state index contributed by atoms with van der Waals surface area (Å²) < 4.78 is 0. The molecular formula is C15H20N2O. The number of Topliss-reactive ketones (excluding diaryl/α,β-unsaturated/α-hetero) is 1. The molecule has 3 nitrogen and oxygen atoms in total. The van der Waals surface area contributed by atoms with Crippen LogP contribution in [0.2, 0.25) is 0 Å². The van der Waals surface area contributed by atoms with Crippen LogP contribution in [0.3, 0.4) is 0 Å². The molecule has 96 valence electrons. The van der Waals surface area contributed by atoms with Gasteiger partial charge in [0.05, 0.1) is 5.56 Å². The fourth-order valence-electron chi connectivity index (χ4n) is 3.77. The van der Waals surface area contributed by atoms with Crippen molar-refractivity contribution in [3.8, 4) is 0 Å². The van der Waals surface area contributed by atoms with E-state index in [4.69, 9.17) is 0 Å². The highest BCUT2D eigenvalue weighted by atomic mass is 16.1. The molecule has 1 heterocycles. The lowest BCUT2D eigenvalue weighted by molar-refractivity contribution is 0.0762. The Kier molecular flexibility index (Phi) is 3.39. The van der Waals surface area contributed by atoms with Gasteiger partial charge in [-0.05, 0) is 31.1 Å². The highest BCUT2D eigenvalue weighted by Crippen LogP contribution is 2.43. The first-order valence-corrected chi connectivity index (χ1v) is 7.14. The molecule has 2 saturated carbocycles. The van der Waals surface area contributed by atoms with Gasteiger partial charge in [-0.25, -0.2) is 9.97 Å². The van der Waals surface area contributed by atoms with E-state index in [0.717, 1.165) is 24.7 Å². The third-order valence-electron chi connectivity index (χ3n) is 4.76. The molecule has 2 aliphatic rings. The molecule has 18 heavy (non-hydrogen) atoms. The summed E-state index contributed by atoms with van der Waals surface area (Å²) in [4.78, 5) is 20.3. The summed E-state index contributed by atoms with van der Waals surface area (Å²) in [5.74, 6) is 2.18. The first-order valence-electron chi connectivity index (χ1n) is 7.14. The van der Waals surface area contributed by atoms with E-state index >= 15 is 0 Å². The number of fused-ring (bicyclic) bond motifs is 1. The second-order valence-electron chi connectivity index (χ2n) is 5.81. The fraction of sp³-hybridized carbons (Fsp3) is 0.667. The summed E-state index contributed by atoms with van der Waals surface area (Å²) in [6.45, 7) is 0. The van der Waals surface area contributed by atoms with Crippen LogP contribution in [0.1, 0.15) is 55.3 Å². The maximum atomic E-state index is 12.4. The van der Waals surface area contributed by atoms with Crippen molar-refractivity contribution in [1.82, 2.24) is 9.97 Å². The van der Waals surface area contributed by atoms with Gasteiger partial charge in [-0.2, -0.15) is 0 Å². The van der Waals surface area contributed by atoms with Gasteiger partial charge in [-0.1, -0.05) is 25.7 Å². The Balaban J connectivity index is 1.69. The van der Waals surface area contributed by atoms with Crippen LogP contribution < -0.4 is 0 Å². The second kappa shape index (κ2) is 5.17. The Bertz CT molecular complexity index is 418. The highest BCUT2D eigenvalue weighted by molar-refractivity contribution is 5.97. The van der Waals surface area contributed by atoms with Gasteiger partial charge in [0.1, 0.15) is 6.33 Å². The lowest BCUT2D eigenvalue weighted by Gasteiger charge is -2.38. The molecule has 2 aliphatic carbocycles. The molecule has 0 aliphatic heterocycles. The van der Waals surface area contributed by atoms with Gasteiger partial charge < -0.3 is 0 Å². The minimum absolute atomic E-state index is 0.218. The van der Waals surface area contributed by atoms with E-state index < -0.39 is 0 Å². The third kappa shape index (κ3) is 2.31. The molecule has 1 aromatic rings. The lowest BCUT2D eigenvalue weighted by Crippen LogP contribution is -2.31. The van der Waals surface area contributed by atoms with Gasteiger partial charge in [0.2, 0.25) is 0 Å². The van der Waals surface area contributed by atoms with Crippen LogP contribution in [0.25, 0.3) is 0 Å². The van der Waals surface area contributed by atoms with E-state index in [-0.39, 0.29) is 11.7 Å². The van der Waals surface area contributed by atoms with Crippen molar-refractivity contribution in [3.05, 3.63) is 24.3 Å². The van der Waals surface area contributed by atoms with Crippen LogP contribution in [-0.4, -0.2) is 15.8 Å². The number of nitrogens with zero attached hydrogens (tertiary/aromatic N) is 2. The largest absolute Gasteiger partial charge is 0.294 e. The first-order chi connectivity index (χ1) is 8.84. The molecule has 1 aromatic heterocycles. The van der Waals surface area contributed by atoms with E-state index in [1.54, 1.807) is 12.4 Å². The van der Waals surface area contributed by atoms with E-state index in [0.29, 0.717) is 5.56 Å². The van der Waals surface area contributed by atoms with Gasteiger partial charge >= 0.3 is 0 Å². The van der Waals surface area contributed by atoms with Crippen molar-refractivity contribution in [2.45, 2.75) is 44.9 Å². The average Bonchev–Trinajstić information content (AvgIpc) is 2.47. The van der Waals surface area contributed by atoms with Crippen molar-refractivity contribution >= 4 is 5.78 Å². The number of aromatic nitrogens is 2. The monoisotopic (exact) mass is 244 g/mol. The van der Waals surface area contributed by atoms with Gasteiger partial charge in [0.15, 0.2) is 5.78 Å². The van der Waals surface area contributed by atoms with Gasteiger partial charge in [-0.3, -0.25) is 4.79 Å². The van der Waals surface area contributed by atoms with E-state index in [1.165, 1.54) is 38.4 Å². The lowest BCUT2D eigenvalue weighted by atomic mass is 9.66. The molecule has 3 rings (SSSR count). The number of hydrogen-bond donors (Lipinski definition) is 0. The smallest absolute Gasteiger partial charge is 0.169 e. The number of rotatable bonds is 2. The Morgan fingerprint density at radius 1 is 1.00 bits per heavy atom. The van der Waals surface area contributed by atoms with Gasteiger partial charge in [0.25, 0.3) is 0 Å². The Hall–Kier alpha value is -1.25. The second-order valence-corrected chi connectivity index (χ2v) is 5.81. The van der Waals surface area contributed by atoms with Crippen molar-refractivity contribution in [2.75, 3.05) is 0 Å². The zero-order valence-corrected chi connectivity index (χ0v) is 10.7. The summed E-state index contributed by atoms with van der Waals surface area (Å²) in [7, 11) is 0. The first kappa shape index (κ1) is 11.8. The normalized spacial score (nSPS) is 31.7. The molecule has 0 N–H and O–H groups in total. The van der Waals surface area contributed by atoms with Gasteiger partial charge in [0, 0.05) is 18.3 Å². The van der Waals surface area contributed by atoms with Crippen LogP contribution >= 0.6 is 0 Å². The molecule has 2 fully saturated rings. The Morgan fingerprint density at radius 2 is 1.72 bits per heavy atom. The van der Waals surface area contributed by atoms with Crippen LogP contribution in [0.4, 0.5) is 0 Å². The molecule has 0 bridgehead atoms. The van der Waals surface area contributed by atoms with Crippen molar-refractivity contribution in [3.63, 3.8) is 0 Å². The summed E-state index contributed by atoms with van der Waals surface area (Å²) in [6.07, 6.45) is 13.7. The molecule has 3 heteroatoms. The summed E-state index contributed by atoms with van der Waals surface area (Å²) >= 11 is 0. The molecule has 0 amide bonds. The standard InChI is InChI=1S/C15H20N2O/c18-15(14-8-16-10-17-9-14)13-6-5-11-3-1-2-4-12(11)7-13/h8-13H,1-7H2. The summed E-state index contributed by atoms with van der Waals surface area (Å²) in [5, 5.41) is 0. The molecule has 3 unspecified atom stereocenters. The third-order valence-corrected chi connectivity index (χ3v) is 4.76. The molecule has 0 aromatic carbocycles. The van der Waals surface area contributed by atoms with Gasteiger partial charge in [-0.15, -0.1) is 0 Å². The minimum atomic E-state index is 0.218. The Labute approximate surface area is 108 Å². The van der Waals surface area contributed by atoms with E-state index in [2.05, 4.69) is 9.97 Å². The van der Waals surface area contributed by atoms with Crippen molar-refractivity contribution in [1.29, 1.82) is 0 Å². The molecule has 0 radical (unpaired) electrons. The maximum absolute atomic E-state index is 12.4. The predicted octanol–water partition coefficient (Wildman–Crippen LogP) is 3.27. The SMILES string of the molecule is O=C(c1cncnc1)C1CCC2CCCCC2C1. The van der Waals surface area contributed by atoms with Crippen molar-refractivity contribution in [2.24, 2.45) is 17.8 Å². The summed E-state index contributed by atoms with van der Waals surface area (Å²) in [6, 6.07) is 0. The van der Waals surface area contributed by atoms with E-state index in [1.807, 2.05) is 0 Å². The maximum Gasteiger partial charge on any atom is 0.169 e. The molecule has 0 spiro atoms. The number of carbonyl (C=O) groups excluding carboxylic acids is 1. The number of ketones is 1. The zero-order chi connectivity index (χ0) is 12.4.